The summed E-state index contributed by atoms with van der Waals surface area (Å²) in [4.78, 5) is 26.1. The third kappa shape index (κ3) is 5.54. The first-order valence-corrected chi connectivity index (χ1v) is 5.75. The summed E-state index contributed by atoms with van der Waals surface area (Å²) in [5.41, 5.74) is -1.05. The average Bonchev–Trinajstić information content (AvgIpc) is 2.23. The van der Waals surface area contributed by atoms with E-state index in [9.17, 15) is 9.59 Å². The Balaban J connectivity index is 0.00000256. The molecule has 1 rings (SSSR count). The van der Waals surface area contributed by atoms with Crippen LogP contribution in [-0.4, -0.2) is 44.5 Å². The van der Waals surface area contributed by atoms with Crippen molar-refractivity contribution in [3.8, 4) is 0 Å². The number of halogens is 3. The van der Waals surface area contributed by atoms with Gasteiger partial charge in [-0.3, -0.25) is 14.7 Å². The number of aromatic nitrogens is 3. The van der Waals surface area contributed by atoms with Crippen LogP contribution in [0.2, 0.25) is 0 Å². The van der Waals surface area contributed by atoms with Crippen molar-refractivity contribution in [3.05, 3.63) is 27.0 Å². The van der Waals surface area contributed by atoms with Gasteiger partial charge >= 0.3 is 5.69 Å². The van der Waals surface area contributed by atoms with Gasteiger partial charge in [-0.05, 0) is 0 Å². The van der Waals surface area contributed by atoms with E-state index in [-0.39, 0.29) is 19.1 Å². The quantitative estimate of drug-likeness (QED) is 0.756. The predicted octanol–water partition coefficient (Wildman–Crippen LogP) is 0.0905. The van der Waals surface area contributed by atoms with Gasteiger partial charge in [-0.25, -0.2) is 9.48 Å². The van der Waals surface area contributed by atoms with E-state index in [0.29, 0.717) is 24.8 Å². The van der Waals surface area contributed by atoms with Gasteiger partial charge in [0.15, 0.2) is 0 Å². The summed E-state index contributed by atoms with van der Waals surface area (Å²) < 4.78 is 1.15. The Kier molecular flexibility index (Phi) is 8.24. The molecule has 0 aliphatic heterocycles. The Hall–Kier alpha value is -0.560. The summed E-state index contributed by atoms with van der Waals surface area (Å²) in [7, 11) is 0. The van der Waals surface area contributed by atoms with E-state index in [1.54, 1.807) is 0 Å². The van der Waals surface area contributed by atoms with Crippen LogP contribution >= 0.6 is 35.6 Å². The Labute approximate surface area is 114 Å². The van der Waals surface area contributed by atoms with Crippen molar-refractivity contribution in [1.82, 2.24) is 19.7 Å². The predicted molar refractivity (Wildman–Crippen MR) is 69.4 cm³/mol. The van der Waals surface area contributed by atoms with Crippen LogP contribution in [0.25, 0.3) is 0 Å². The molecule has 0 aliphatic rings. The van der Waals surface area contributed by atoms with Crippen LogP contribution in [0.5, 0.6) is 0 Å². The first-order chi connectivity index (χ1) is 7.67. The second-order valence-electron chi connectivity index (χ2n) is 3.08. The molecule has 0 aromatic carbocycles. The van der Waals surface area contributed by atoms with Gasteiger partial charge in [-0.2, -0.15) is 5.10 Å². The van der Waals surface area contributed by atoms with Gasteiger partial charge in [0, 0.05) is 24.8 Å². The number of hydrogen-bond donors (Lipinski definition) is 1. The minimum Gasteiger partial charge on any atom is -0.282 e. The molecule has 1 aromatic rings. The second-order valence-corrected chi connectivity index (χ2v) is 3.83. The van der Waals surface area contributed by atoms with Crippen molar-refractivity contribution in [2.75, 3.05) is 24.8 Å². The zero-order chi connectivity index (χ0) is 12.0. The van der Waals surface area contributed by atoms with Crippen molar-refractivity contribution in [1.29, 1.82) is 0 Å². The molecule has 1 aromatic heterocycles. The molecule has 0 radical (unpaired) electrons. The fourth-order valence-electron chi connectivity index (χ4n) is 1.16. The van der Waals surface area contributed by atoms with Crippen molar-refractivity contribution < 1.29 is 0 Å². The van der Waals surface area contributed by atoms with E-state index in [4.69, 9.17) is 23.2 Å². The van der Waals surface area contributed by atoms with Gasteiger partial charge in [-0.15, -0.1) is 35.6 Å². The lowest BCUT2D eigenvalue weighted by Crippen LogP contribution is -2.39. The van der Waals surface area contributed by atoms with Gasteiger partial charge in [-0.1, -0.05) is 0 Å². The topological polar surface area (TPSA) is 71.0 Å². The fourth-order valence-corrected chi connectivity index (χ4v) is 1.64. The number of aromatic amines is 1. The molecule has 0 atom stereocenters. The summed E-state index contributed by atoms with van der Waals surface area (Å²) in [5.74, 6) is 0.879. The number of hydrogen-bond acceptors (Lipinski definition) is 4. The molecular formula is C8H13Cl3N4O2. The Morgan fingerprint density at radius 3 is 2.35 bits per heavy atom. The average molecular weight is 304 g/mol. The van der Waals surface area contributed by atoms with Crippen LogP contribution in [0, 0.1) is 0 Å². The summed E-state index contributed by atoms with van der Waals surface area (Å²) in [6.07, 6.45) is 1.06. The highest BCUT2D eigenvalue weighted by atomic mass is 35.5. The third-order valence-corrected chi connectivity index (χ3v) is 2.25. The van der Waals surface area contributed by atoms with Crippen molar-refractivity contribution in [3.63, 3.8) is 0 Å². The fraction of sp³-hybridized carbons (Fsp3) is 0.625. The molecule has 0 spiro atoms. The molecule has 0 bridgehead atoms. The van der Waals surface area contributed by atoms with Crippen molar-refractivity contribution >= 4 is 35.6 Å². The summed E-state index contributed by atoms with van der Waals surface area (Å²) in [5, 5.41) is 3.71. The summed E-state index contributed by atoms with van der Waals surface area (Å²) in [6, 6.07) is 0. The molecule has 9 heteroatoms. The molecule has 0 amide bonds. The zero-order valence-electron chi connectivity index (χ0n) is 8.94. The molecule has 0 unspecified atom stereocenters. The lowest BCUT2D eigenvalue weighted by Gasteiger charge is -2.19. The number of nitrogens with one attached hydrogen (secondary N) is 1. The molecule has 6 nitrogen and oxygen atoms in total. The van der Waals surface area contributed by atoms with Crippen LogP contribution in [0.3, 0.4) is 0 Å². The highest BCUT2D eigenvalue weighted by molar-refractivity contribution is 6.18. The lowest BCUT2D eigenvalue weighted by atomic mass is 10.5. The van der Waals surface area contributed by atoms with Gasteiger partial charge in [0.1, 0.15) is 6.20 Å². The van der Waals surface area contributed by atoms with Crippen LogP contribution in [0.15, 0.2) is 15.8 Å². The minimum atomic E-state index is -0.540. The van der Waals surface area contributed by atoms with Gasteiger partial charge in [0.05, 0.1) is 6.67 Å². The minimum absolute atomic E-state index is 0. The van der Waals surface area contributed by atoms with E-state index in [0.717, 1.165) is 10.9 Å². The highest BCUT2D eigenvalue weighted by Crippen LogP contribution is 1.93. The molecule has 98 valence electrons. The molecule has 0 saturated carbocycles. The number of nitrogens with zero attached hydrogens (tertiary/aromatic N) is 3. The maximum Gasteiger partial charge on any atom is 0.346 e. The monoisotopic (exact) mass is 302 g/mol. The highest BCUT2D eigenvalue weighted by Gasteiger charge is 2.06. The normalized spacial score (nSPS) is 10.3. The molecule has 0 fully saturated rings. The van der Waals surface area contributed by atoms with Gasteiger partial charge in [0.2, 0.25) is 0 Å². The van der Waals surface area contributed by atoms with Crippen LogP contribution in [-0.2, 0) is 6.67 Å². The maximum atomic E-state index is 11.3. The Morgan fingerprint density at radius 2 is 1.88 bits per heavy atom. The van der Waals surface area contributed by atoms with E-state index in [1.807, 2.05) is 4.90 Å². The molecule has 17 heavy (non-hydrogen) atoms. The largest absolute Gasteiger partial charge is 0.346 e. The smallest absolute Gasteiger partial charge is 0.282 e. The SMILES string of the molecule is Cl.O=c1cnn(CN(CCCl)CCCl)c(=O)[nH]1. The summed E-state index contributed by atoms with van der Waals surface area (Å²) >= 11 is 11.2. The second kappa shape index (κ2) is 8.52. The van der Waals surface area contributed by atoms with Crippen LogP contribution in [0.1, 0.15) is 0 Å². The summed E-state index contributed by atoms with van der Waals surface area (Å²) in [6.45, 7) is 1.46. The standard InChI is InChI=1S/C8H12Cl2N4O2.ClH/c9-1-3-13(4-2-10)6-14-8(16)12-7(15)5-11-14;/h5H,1-4,6H2,(H,12,15,16);1H. The van der Waals surface area contributed by atoms with Crippen LogP contribution in [0.4, 0.5) is 0 Å². The van der Waals surface area contributed by atoms with E-state index in [1.165, 1.54) is 0 Å². The number of alkyl halides is 2. The Morgan fingerprint density at radius 1 is 1.29 bits per heavy atom. The Bertz CT molecular complexity index is 427. The number of rotatable bonds is 6. The van der Waals surface area contributed by atoms with Crippen molar-refractivity contribution in [2.24, 2.45) is 0 Å². The van der Waals surface area contributed by atoms with E-state index < -0.39 is 11.2 Å². The first kappa shape index (κ1) is 16.4. The zero-order valence-corrected chi connectivity index (χ0v) is 11.3. The lowest BCUT2D eigenvalue weighted by molar-refractivity contribution is 0.223. The molecule has 0 saturated heterocycles. The van der Waals surface area contributed by atoms with Crippen LogP contribution < -0.4 is 11.2 Å². The molecule has 1 N–H and O–H groups in total. The molecular weight excluding hydrogens is 290 g/mol. The van der Waals surface area contributed by atoms with Gasteiger partial charge in [0.25, 0.3) is 5.56 Å². The third-order valence-electron chi connectivity index (χ3n) is 1.91. The van der Waals surface area contributed by atoms with Gasteiger partial charge < -0.3 is 0 Å². The van der Waals surface area contributed by atoms with E-state index in [2.05, 4.69) is 10.1 Å². The maximum absolute atomic E-state index is 11.3. The first-order valence-electron chi connectivity index (χ1n) is 4.68. The number of H-pyrrole nitrogens is 1. The molecule has 1 heterocycles. The molecule has 0 aliphatic carbocycles. The van der Waals surface area contributed by atoms with E-state index >= 15 is 0 Å². The van der Waals surface area contributed by atoms with Crippen molar-refractivity contribution in [2.45, 2.75) is 6.67 Å².